The van der Waals surface area contributed by atoms with Gasteiger partial charge >= 0.3 is 5.76 Å². The zero-order valence-corrected chi connectivity index (χ0v) is 9.73. The topological polar surface area (TPSA) is 46.2 Å². The lowest BCUT2D eigenvalue weighted by Gasteiger charge is -2.05. The standard InChI is InChI=1S/C9H10ClF2NO2S/c10-5-7-1-3-8(4-2-7)6-13-16(14,15)9(11)12/h1-4,9,13H,5-6H2. The van der Waals surface area contributed by atoms with E-state index in [2.05, 4.69) is 0 Å². The molecule has 0 spiro atoms. The number of nitrogens with one attached hydrogen (secondary N) is 1. The lowest BCUT2D eigenvalue weighted by Crippen LogP contribution is -2.28. The second-order valence-corrected chi connectivity index (χ2v) is 5.08. The minimum atomic E-state index is -4.52. The van der Waals surface area contributed by atoms with Gasteiger partial charge in [-0.3, -0.25) is 0 Å². The molecule has 3 nitrogen and oxygen atoms in total. The number of halogens is 3. The van der Waals surface area contributed by atoms with Gasteiger partial charge in [0.1, 0.15) is 0 Å². The average molecular weight is 270 g/mol. The Balaban J connectivity index is 2.62. The largest absolute Gasteiger partial charge is 0.350 e. The molecule has 1 aromatic rings. The van der Waals surface area contributed by atoms with E-state index in [1.54, 1.807) is 29.0 Å². The van der Waals surface area contributed by atoms with E-state index >= 15 is 0 Å². The minimum absolute atomic E-state index is 0.158. The summed E-state index contributed by atoms with van der Waals surface area (Å²) in [5.41, 5.74) is 1.47. The van der Waals surface area contributed by atoms with E-state index in [0.29, 0.717) is 11.4 Å². The van der Waals surface area contributed by atoms with Crippen molar-refractivity contribution in [2.24, 2.45) is 0 Å². The van der Waals surface area contributed by atoms with E-state index < -0.39 is 15.8 Å². The number of hydrogen-bond acceptors (Lipinski definition) is 2. The van der Waals surface area contributed by atoms with Crippen LogP contribution in [0.4, 0.5) is 8.78 Å². The van der Waals surface area contributed by atoms with Gasteiger partial charge in [-0.05, 0) is 11.1 Å². The minimum Gasteiger partial charge on any atom is -0.206 e. The van der Waals surface area contributed by atoms with Crippen LogP contribution in [0.5, 0.6) is 0 Å². The fourth-order valence-corrected chi connectivity index (χ4v) is 1.67. The lowest BCUT2D eigenvalue weighted by molar-refractivity contribution is 0.232. The van der Waals surface area contributed by atoms with Crippen LogP contribution in [0.1, 0.15) is 11.1 Å². The highest BCUT2D eigenvalue weighted by molar-refractivity contribution is 7.89. The second kappa shape index (κ2) is 5.56. The van der Waals surface area contributed by atoms with Gasteiger partial charge in [0.2, 0.25) is 0 Å². The predicted molar refractivity (Wildman–Crippen MR) is 57.8 cm³/mol. The lowest BCUT2D eigenvalue weighted by atomic mass is 10.1. The smallest absolute Gasteiger partial charge is 0.206 e. The molecule has 0 atom stereocenters. The molecule has 90 valence electrons. The number of hydrogen-bond donors (Lipinski definition) is 1. The summed E-state index contributed by atoms with van der Waals surface area (Å²) in [5, 5.41) is 0. The monoisotopic (exact) mass is 269 g/mol. The van der Waals surface area contributed by atoms with Crippen molar-refractivity contribution in [3.8, 4) is 0 Å². The van der Waals surface area contributed by atoms with Crippen LogP contribution in [0.2, 0.25) is 0 Å². The van der Waals surface area contributed by atoms with Gasteiger partial charge in [-0.15, -0.1) is 11.6 Å². The van der Waals surface area contributed by atoms with Crippen LogP contribution >= 0.6 is 11.6 Å². The van der Waals surface area contributed by atoms with E-state index in [1.165, 1.54) is 0 Å². The molecule has 0 amide bonds. The molecule has 0 fully saturated rings. The molecule has 0 heterocycles. The molecule has 16 heavy (non-hydrogen) atoms. The molecule has 0 aliphatic heterocycles. The normalized spacial score (nSPS) is 12.0. The van der Waals surface area contributed by atoms with Crippen LogP contribution in [0.15, 0.2) is 24.3 Å². The first kappa shape index (κ1) is 13.3. The fourth-order valence-electron chi connectivity index (χ4n) is 0.993. The van der Waals surface area contributed by atoms with E-state index in [1.807, 2.05) is 0 Å². The first-order chi connectivity index (χ1) is 7.45. The second-order valence-electron chi connectivity index (χ2n) is 3.08. The molecular formula is C9H10ClF2NO2S. The zero-order chi connectivity index (χ0) is 12.2. The SMILES string of the molecule is O=S(=O)(NCc1ccc(CCl)cc1)C(F)F. The summed E-state index contributed by atoms with van der Waals surface area (Å²) in [4.78, 5) is 0. The van der Waals surface area contributed by atoms with Crippen molar-refractivity contribution in [3.05, 3.63) is 35.4 Å². The van der Waals surface area contributed by atoms with Crippen LogP contribution in [-0.2, 0) is 22.4 Å². The maximum Gasteiger partial charge on any atom is 0.350 e. The molecule has 0 radical (unpaired) electrons. The maximum atomic E-state index is 12.0. The van der Waals surface area contributed by atoms with Gasteiger partial charge in [-0.1, -0.05) is 24.3 Å². The van der Waals surface area contributed by atoms with E-state index in [0.717, 1.165) is 5.56 Å². The number of alkyl halides is 3. The molecule has 0 aliphatic carbocycles. The molecule has 1 N–H and O–H groups in total. The molecule has 0 saturated carbocycles. The number of sulfonamides is 1. The van der Waals surface area contributed by atoms with Crippen LogP contribution < -0.4 is 4.72 Å². The zero-order valence-electron chi connectivity index (χ0n) is 8.16. The predicted octanol–water partition coefficient (Wildman–Crippen LogP) is 2.07. The summed E-state index contributed by atoms with van der Waals surface area (Å²) in [6.45, 7) is -0.158. The van der Waals surface area contributed by atoms with Crippen LogP contribution in [0.3, 0.4) is 0 Å². The third-order valence-electron chi connectivity index (χ3n) is 1.89. The molecule has 1 aromatic carbocycles. The summed E-state index contributed by atoms with van der Waals surface area (Å²) in [6.07, 6.45) is 0. The van der Waals surface area contributed by atoms with Gasteiger partial charge in [0, 0.05) is 12.4 Å². The number of benzene rings is 1. The molecule has 0 saturated heterocycles. The van der Waals surface area contributed by atoms with Crippen LogP contribution in [0, 0.1) is 0 Å². The Hall–Kier alpha value is -0.720. The Morgan fingerprint density at radius 1 is 1.19 bits per heavy atom. The third kappa shape index (κ3) is 3.70. The highest BCUT2D eigenvalue weighted by atomic mass is 35.5. The quantitative estimate of drug-likeness (QED) is 0.832. The van der Waals surface area contributed by atoms with Crippen molar-refractivity contribution in [1.29, 1.82) is 0 Å². The van der Waals surface area contributed by atoms with Crippen molar-refractivity contribution in [2.45, 2.75) is 18.2 Å². The summed E-state index contributed by atoms with van der Waals surface area (Å²) in [5.74, 6) is -3.06. The van der Waals surface area contributed by atoms with E-state index in [9.17, 15) is 17.2 Å². The van der Waals surface area contributed by atoms with Gasteiger partial charge in [-0.25, -0.2) is 13.1 Å². The van der Waals surface area contributed by atoms with Gasteiger partial charge in [0.05, 0.1) is 0 Å². The van der Waals surface area contributed by atoms with Crippen molar-refractivity contribution < 1.29 is 17.2 Å². The van der Waals surface area contributed by atoms with Gasteiger partial charge in [-0.2, -0.15) is 8.78 Å². The third-order valence-corrected chi connectivity index (χ3v) is 3.21. The average Bonchev–Trinajstić information content (AvgIpc) is 2.27. The molecule has 0 aromatic heterocycles. The number of rotatable bonds is 5. The summed E-state index contributed by atoms with van der Waals surface area (Å²) < 4.78 is 47.2. The summed E-state index contributed by atoms with van der Waals surface area (Å²) in [6, 6.07) is 6.68. The van der Waals surface area contributed by atoms with E-state index in [-0.39, 0.29) is 6.54 Å². The molecule has 0 unspecified atom stereocenters. The first-order valence-electron chi connectivity index (χ1n) is 4.36. The Labute approximate surface area is 97.5 Å². The van der Waals surface area contributed by atoms with Crippen molar-refractivity contribution in [1.82, 2.24) is 4.72 Å². The molecule has 0 aliphatic rings. The van der Waals surface area contributed by atoms with Crippen LogP contribution in [-0.4, -0.2) is 14.2 Å². The Kier molecular flexibility index (Phi) is 4.64. The van der Waals surface area contributed by atoms with Crippen molar-refractivity contribution >= 4 is 21.6 Å². The fraction of sp³-hybridized carbons (Fsp3) is 0.333. The Bertz CT molecular complexity index is 433. The summed E-state index contributed by atoms with van der Waals surface area (Å²) in [7, 11) is -4.52. The van der Waals surface area contributed by atoms with Crippen molar-refractivity contribution in [3.63, 3.8) is 0 Å². The van der Waals surface area contributed by atoms with Gasteiger partial charge in [0.25, 0.3) is 10.0 Å². The van der Waals surface area contributed by atoms with Gasteiger partial charge in [0.15, 0.2) is 0 Å². The molecule has 7 heteroatoms. The molecule has 1 rings (SSSR count). The van der Waals surface area contributed by atoms with Crippen LogP contribution in [0.25, 0.3) is 0 Å². The van der Waals surface area contributed by atoms with Crippen molar-refractivity contribution in [2.75, 3.05) is 0 Å². The maximum absolute atomic E-state index is 12.0. The molecular weight excluding hydrogens is 260 g/mol. The van der Waals surface area contributed by atoms with E-state index in [4.69, 9.17) is 11.6 Å². The first-order valence-corrected chi connectivity index (χ1v) is 6.44. The highest BCUT2D eigenvalue weighted by Crippen LogP contribution is 2.08. The summed E-state index contributed by atoms with van der Waals surface area (Å²) >= 11 is 5.56. The highest BCUT2D eigenvalue weighted by Gasteiger charge is 2.22. The molecule has 0 bridgehead atoms. The van der Waals surface area contributed by atoms with Gasteiger partial charge < -0.3 is 0 Å². The Morgan fingerprint density at radius 3 is 2.12 bits per heavy atom. The Morgan fingerprint density at radius 2 is 1.69 bits per heavy atom.